The van der Waals surface area contributed by atoms with E-state index in [0.717, 1.165) is 11.1 Å². The van der Waals surface area contributed by atoms with Crippen LogP contribution in [0.2, 0.25) is 5.02 Å². The summed E-state index contributed by atoms with van der Waals surface area (Å²) in [5, 5.41) is 9.69. The maximum absolute atomic E-state index is 13.0. The van der Waals surface area contributed by atoms with Crippen LogP contribution in [-0.4, -0.2) is 38.4 Å². The molecule has 0 unspecified atom stereocenters. The van der Waals surface area contributed by atoms with Crippen LogP contribution in [0.4, 0.5) is 4.39 Å². The summed E-state index contributed by atoms with van der Waals surface area (Å²) in [4.78, 5) is 14.0. The molecule has 1 aromatic heterocycles. The second-order valence-electron chi connectivity index (χ2n) is 6.04. The first-order valence-electron chi connectivity index (χ1n) is 8.20. The van der Waals surface area contributed by atoms with Crippen LogP contribution < -0.4 is 0 Å². The number of halogens is 2. The summed E-state index contributed by atoms with van der Waals surface area (Å²) >= 11 is 7.24. The molecular weight excluding hydrogens is 387 g/mol. The highest BCUT2D eigenvalue weighted by Gasteiger charge is 2.15. The molecule has 0 atom stereocenters. The summed E-state index contributed by atoms with van der Waals surface area (Å²) in [5.41, 5.74) is 1.78. The van der Waals surface area contributed by atoms with Crippen LogP contribution in [0.5, 0.6) is 0 Å². The van der Waals surface area contributed by atoms with Gasteiger partial charge in [-0.1, -0.05) is 35.5 Å². The van der Waals surface area contributed by atoms with Crippen LogP contribution in [0.3, 0.4) is 0 Å². The van der Waals surface area contributed by atoms with Crippen LogP contribution in [0, 0.1) is 5.82 Å². The van der Waals surface area contributed by atoms with Gasteiger partial charge in [0.05, 0.1) is 5.75 Å². The molecule has 0 saturated carbocycles. The molecule has 0 saturated heterocycles. The Balaban J connectivity index is 1.60. The van der Waals surface area contributed by atoms with Crippen LogP contribution in [0.15, 0.2) is 53.7 Å². The average molecular weight is 405 g/mol. The summed E-state index contributed by atoms with van der Waals surface area (Å²) in [6.07, 6.45) is 0. The van der Waals surface area contributed by atoms with Crippen molar-refractivity contribution in [3.63, 3.8) is 0 Å². The Labute approximate surface area is 166 Å². The molecule has 3 aromatic rings. The summed E-state index contributed by atoms with van der Waals surface area (Å²) in [6, 6.07) is 13.5. The number of aromatic nitrogens is 3. The summed E-state index contributed by atoms with van der Waals surface area (Å²) in [5.74, 6) is 0.619. The predicted octanol–water partition coefficient (Wildman–Crippen LogP) is 4.03. The van der Waals surface area contributed by atoms with Gasteiger partial charge in [0.25, 0.3) is 0 Å². The molecule has 2 aromatic carbocycles. The molecule has 0 N–H and O–H groups in total. The van der Waals surface area contributed by atoms with Gasteiger partial charge in [0.2, 0.25) is 5.91 Å². The zero-order valence-electron chi connectivity index (χ0n) is 14.9. The van der Waals surface area contributed by atoms with Crippen molar-refractivity contribution in [2.24, 2.45) is 7.05 Å². The summed E-state index contributed by atoms with van der Waals surface area (Å²) < 4.78 is 14.8. The van der Waals surface area contributed by atoms with E-state index in [9.17, 15) is 9.18 Å². The first-order chi connectivity index (χ1) is 12.9. The monoisotopic (exact) mass is 404 g/mol. The molecule has 5 nitrogen and oxygen atoms in total. The molecule has 27 heavy (non-hydrogen) atoms. The maximum atomic E-state index is 13.0. The van der Waals surface area contributed by atoms with Crippen molar-refractivity contribution in [1.82, 2.24) is 19.7 Å². The van der Waals surface area contributed by atoms with Gasteiger partial charge >= 0.3 is 0 Å². The molecule has 0 spiro atoms. The lowest BCUT2D eigenvalue weighted by Gasteiger charge is -2.17. The average Bonchev–Trinajstić information content (AvgIpc) is 3.03. The van der Waals surface area contributed by atoms with E-state index in [1.807, 2.05) is 23.7 Å². The second kappa shape index (κ2) is 8.54. The van der Waals surface area contributed by atoms with E-state index in [0.29, 0.717) is 22.5 Å². The Hall–Kier alpha value is -2.38. The molecule has 3 rings (SSSR count). The smallest absolute Gasteiger partial charge is 0.233 e. The van der Waals surface area contributed by atoms with Gasteiger partial charge in [-0.15, -0.1) is 10.2 Å². The van der Waals surface area contributed by atoms with Gasteiger partial charge in [-0.3, -0.25) is 4.79 Å². The Kier molecular flexibility index (Phi) is 6.13. The minimum Gasteiger partial charge on any atom is -0.341 e. The Morgan fingerprint density at radius 1 is 1.15 bits per heavy atom. The molecule has 0 aliphatic heterocycles. The topological polar surface area (TPSA) is 51.0 Å². The van der Waals surface area contributed by atoms with Crippen LogP contribution in [0.25, 0.3) is 11.4 Å². The van der Waals surface area contributed by atoms with Gasteiger partial charge in [-0.25, -0.2) is 4.39 Å². The lowest BCUT2D eigenvalue weighted by molar-refractivity contribution is -0.127. The minimum absolute atomic E-state index is 0.0413. The highest BCUT2D eigenvalue weighted by molar-refractivity contribution is 7.99. The summed E-state index contributed by atoms with van der Waals surface area (Å²) in [6.45, 7) is 0.425. The molecule has 0 fully saturated rings. The Morgan fingerprint density at radius 2 is 1.81 bits per heavy atom. The number of rotatable bonds is 6. The zero-order valence-corrected chi connectivity index (χ0v) is 16.5. The van der Waals surface area contributed by atoms with Crippen molar-refractivity contribution in [2.45, 2.75) is 11.7 Å². The molecule has 1 amide bonds. The molecule has 0 aliphatic rings. The van der Waals surface area contributed by atoms with Crippen molar-refractivity contribution in [3.8, 4) is 11.4 Å². The van der Waals surface area contributed by atoms with Gasteiger partial charge in [0, 0.05) is 31.2 Å². The lowest BCUT2D eigenvalue weighted by Crippen LogP contribution is -2.27. The van der Waals surface area contributed by atoms with Gasteiger partial charge < -0.3 is 9.47 Å². The SMILES string of the molecule is CN(Cc1ccc(F)cc1)C(=O)CSc1nnc(-c2ccc(Cl)cc2)n1C. The minimum atomic E-state index is -0.290. The number of nitrogens with zero attached hydrogens (tertiary/aromatic N) is 4. The molecular formula is C19H18ClFN4OS. The van der Waals surface area contributed by atoms with E-state index in [1.54, 1.807) is 36.2 Å². The normalized spacial score (nSPS) is 10.8. The molecule has 0 aliphatic carbocycles. The van der Waals surface area contributed by atoms with Crippen LogP contribution in [-0.2, 0) is 18.4 Å². The quantitative estimate of drug-likeness (QED) is 0.582. The highest BCUT2D eigenvalue weighted by atomic mass is 35.5. The number of carbonyl (C=O) groups excluding carboxylic acids is 1. The van der Waals surface area contributed by atoms with Crippen molar-refractivity contribution in [2.75, 3.05) is 12.8 Å². The van der Waals surface area contributed by atoms with E-state index >= 15 is 0 Å². The van der Waals surface area contributed by atoms with Gasteiger partial charge in [-0.05, 0) is 42.0 Å². The van der Waals surface area contributed by atoms with Gasteiger partial charge in [-0.2, -0.15) is 0 Å². The van der Waals surface area contributed by atoms with E-state index < -0.39 is 0 Å². The number of thioether (sulfide) groups is 1. The molecule has 0 radical (unpaired) electrons. The zero-order chi connectivity index (χ0) is 19.4. The fourth-order valence-corrected chi connectivity index (χ4v) is 3.46. The van der Waals surface area contributed by atoms with Gasteiger partial charge in [0.1, 0.15) is 5.82 Å². The van der Waals surface area contributed by atoms with Crippen LogP contribution in [0.1, 0.15) is 5.56 Å². The number of hydrogen-bond donors (Lipinski definition) is 0. The van der Waals surface area contributed by atoms with E-state index in [-0.39, 0.29) is 17.5 Å². The van der Waals surface area contributed by atoms with E-state index in [4.69, 9.17) is 11.6 Å². The third kappa shape index (κ3) is 4.87. The second-order valence-corrected chi connectivity index (χ2v) is 7.42. The van der Waals surface area contributed by atoms with Crippen molar-refractivity contribution in [3.05, 3.63) is 64.9 Å². The van der Waals surface area contributed by atoms with Gasteiger partial charge in [0.15, 0.2) is 11.0 Å². The van der Waals surface area contributed by atoms with Crippen LogP contribution >= 0.6 is 23.4 Å². The number of benzene rings is 2. The maximum Gasteiger partial charge on any atom is 0.233 e. The molecule has 140 valence electrons. The Bertz CT molecular complexity index is 928. The number of carbonyl (C=O) groups is 1. The molecule has 8 heteroatoms. The highest BCUT2D eigenvalue weighted by Crippen LogP contribution is 2.24. The van der Waals surface area contributed by atoms with Crippen molar-refractivity contribution < 1.29 is 9.18 Å². The predicted molar refractivity (Wildman–Crippen MR) is 105 cm³/mol. The fraction of sp³-hybridized carbons (Fsp3) is 0.211. The summed E-state index contributed by atoms with van der Waals surface area (Å²) in [7, 11) is 3.58. The van der Waals surface area contributed by atoms with E-state index in [2.05, 4.69) is 10.2 Å². The lowest BCUT2D eigenvalue weighted by atomic mass is 10.2. The number of amides is 1. The largest absolute Gasteiger partial charge is 0.341 e. The van der Waals surface area contributed by atoms with Crippen molar-refractivity contribution >= 4 is 29.3 Å². The molecule has 1 heterocycles. The van der Waals surface area contributed by atoms with Crippen molar-refractivity contribution in [1.29, 1.82) is 0 Å². The standard InChI is InChI=1S/C19H18ClFN4OS/c1-24(11-13-3-9-16(21)10-4-13)17(26)12-27-19-23-22-18(25(19)2)14-5-7-15(20)8-6-14/h3-10H,11-12H2,1-2H3. The number of hydrogen-bond acceptors (Lipinski definition) is 4. The third-order valence-corrected chi connectivity index (χ3v) is 5.28. The Morgan fingerprint density at radius 3 is 2.48 bits per heavy atom. The first-order valence-corrected chi connectivity index (χ1v) is 9.57. The molecule has 0 bridgehead atoms. The third-order valence-electron chi connectivity index (χ3n) is 4.02. The van der Waals surface area contributed by atoms with E-state index in [1.165, 1.54) is 23.9 Å². The fourth-order valence-electron chi connectivity index (χ4n) is 2.48. The first kappa shape index (κ1) is 19.4.